The van der Waals surface area contributed by atoms with Gasteiger partial charge in [-0.3, -0.25) is 4.68 Å². The van der Waals surface area contributed by atoms with Crippen LogP contribution in [0.4, 0.5) is 0 Å². The van der Waals surface area contributed by atoms with E-state index in [1.165, 1.54) is 0 Å². The highest BCUT2D eigenvalue weighted by Gasteiger charge is 2.17. The molecule has 1 aromatic rings. The third-order valence-electron chi connectivity index (χ3n) is 2.07. The van der Waals surface area contributed by atoms with Crippen LogP contribution in [-0.2, 0) is 7.05 Å². The molecule has 0 aliphatic carbocycles. The van der Waals surface area contributed by atoms with Crippen LogP contribution in [0.25, 0.3) is 0 Å². The van der Waals surface area contributed by atoms with Gasteiger partial charge in [-0.25, -0.2) is 0 Å². The third kappa shape index (κ3) is 1.65. The molecule has 0 amide bonds. The standard InChI is InChI=1S/C8H15N3O/c1-6(5-9)8(12)7-3-4-10-11(7)2/h3-4,6,8,12H,5,9H2,1-2H3. The fourth-order valence-corrected chi connectivity index (χ4v) is 1.09. The highest BCUT2D eigenvalue weighted by atomic mass is 16.3. The minimum absolute atomic E-state index is 0.0698. The molecular formula is C8H15N3O. The molecular weight excluding hydrogens is 154 g/mol. The summed E-state index contributed by atoms with van der Waals surface area (Å²) in [6, 6.07) is 1.80. The number of rotatable bonds is 3. The van der Waals surface area contributed by atoms with Gasteiger partial charge < -0.3 is 10.8 Å². The predicted octanol–water partition coefficient (Wildman–Crippen LogP) is 0.0483. The molecule has 68 valence electrons. The Bertz CT molecular complexity index is 246. The maximum atomic E-state index is 9.72. The van der Waals surface area contributed by atoms with Crippen molar-refractivity contribution in [2.75, 3.05) is 6.54 Å². The molecule has 0 aliphatic rings. The van der Waals surface area contributed by atoms with Crippen molar-refractivity contribution in [2.24, 2.45) is 18.7 Å². The first kappa shape index (κ1) is 9.22. The van der Waals surface area contributed by atoms with Gasteiger partial charge in [0.2, 0.25) is 0 Å². The van der Waals surface area contributed by atoms with Gasteiger partial charge in [-0.2, -0.15) is 5.10 Å². The van der Waals surface area contributed by atoms with Crippen LogP contribution >= 0.6 is 0 Å². The van der Waals surface area contributed by atoms with E-state index in [0.717, 1.165) is 5.69 Å². The van der Waals surface area contributed by atoms with Crippen molar-refractivity contribution in [3.05, 3.63) is 18.0 Å². The number of nitrogens with zero attached hydrogens (tertiary/aromatic N) is 2. The first-order valence-electron chi connectivity index (χ1n) is 4.03. The van der Waals surface area contributed by atoms with Gasteiger partial charge in [0.25, 0.3) is 0 Å². The zero-order chi connectivity index (χ0) is 9.14. The first-order chi connectivity index (χ1) is 5.66. The Balaban J connectivity index is 2.77. The van der Waals surface area contributed by atoms with Crippen LogP contribution < -0.4 is 5.73 Å². The maximum Gasteiger partial charge on any atom is 0.0993 e. The zero-order valence-corrected chi connectivity index (χ0v) is 7.44. The number of nitrogens with two attached hydrogens (primary N) is 1. The van der Waals surface area contributed by atoms with Gasteiger partial charge in [0.15, 0.2) is 0 Å². The van der Waals surface area contributed by atoms with Gasteiger partial charge >= 0.3 is 0 Å². The summed E-state index contributed by atoms with van der Waals surface area (Å²) < 4.78 is 1.66. The summed E-state index contributed by atoms with van der Waals surface area (Å²) in [6.07, 6.45) is 1.16. The van der Waals surface area contributed by atoms with E-state index in [4.69, 9.17) is 5.73 Å². The van der Waals surface area contributed by atoms with Gasteiger partial charge in [-0.1, -0.05) is 6.92 Å². The van der Waals surface area contributed by atoms with E-state index in [1.807, 2.05) is 14.0 Å². The topological polar surface area (TPSA) is 64.1 Å². The molecule has 1 rings (SSSR count). The molecule has 0 saturated carbocycles. The lowest BCUT2D eigenvalue weighted by molar-refractivity contribution is 0.113. The van der Waals surface area contributed by atoms with E-state index in [1.54, 1.807) is 16.9 Å². The second kappa shape index (κ2) is 3.69. The molecule has 0 bridgehead atoms. The highest BCUT2D eigenvalue weighted by Crippen LogP contribution is 2.19. The number of hydrogen-bond acceptors (Lipinski definition) is 3. The van der Waals surface area contributed by atoms with E-state index in [2.05, 4.69) is 5.10 Å². The largest absolute Gasteiger partial charge is 0.386 e. The first-order valence-corrected chi connectivity index (χ1v) is 4.03. The molecule has 12 heavy (non-hydrogen) atoms. The van der Waals surface area contributed by atoms with Crippen LogP contribution in [0.1, 0.15) is 18.7 Å². The predicted molar refractivity (Wildman–Crippen MR) is 46.4 cm³/mol. The van der Waals surface area contributed by atoms with Gasteiger partial charge in [0, 0.05) is 13.2 Å². The lowest BCUT2D eigenvalue weighted by Gasteiger charge is -2.16. The average Bonchev–Trinajstić information content (AvgIpc) is 2.48. The highest BCUT2D eigenvalue weighted by molar-refractivity contribution is 5.04. The minimum atomic E-state index is -0.512. The Labute approximate surface area is 72.0 Å². The summed E-state index contributed by atoms with van der Waals surface area (Å²) in [7, 11) is 1.81. The van der Waals surface area contributed by atoms with Crippen LogP contribution in [0.3, 0.4) is 0 Å². The lowest BCUT2D eigenvalue weighted by atomic mass is 10.0. The normalized spacial score (nSPS) is 16.0. The van der Waals surface area contributed by atoms with Crippen molar-refractivity contribution in [3.8, 4) is 0 Å². The molecule has 1 heterocycles. The fraction of sp³-hybridized carbons (Fsp3) is 0.625. The van der Waals surface area contributed by atoms with E-state index in [9.17, 15) is 5.11 Å². The monoisotopic (exact) mass is 169 g/mol. The Morgan fingerprint density at radius 2 is 2.42 bits per heavy atom. The minimum Gasteiger partial charge on any atom is -0.386 e. The Kier molecular flexibility index (Phi) is 2.83. The van der Waals surface area contributed by atoms with E-state index >= 15 is 0 Å². The molecule has 1 aromatic heterocycles. The molecule has 0 spiro atoms. The third-order valence-corrected chi connectivity index (χ3v) is 2.07. The van der Waals surface area contributed by atoms with Crippen LogP contribution in [0, 0.1) is 5.92 Å². The van der Waals surface area contributed by atoms with Crippen molar-refractivity contribution < 1.29 is 5.11 Å². The Hall–Kier alpha value is -0.870. The Morgan fingerprint density at radius 1 is 1.75 bits per heavy atom. The zero-order valence-electron chi connectivity index (χ0n) is 7.44. The molecule has 4 nitrogen and oxygen atoms in total. The van der Waals surface area contributed by atoms with Gasteiger partial charge in [0.05, 0.1) is 11.8 Å². The molecule has 0 saturated heterocycles. The van der Waals surface area contributed by atoms with E-state index in [0.29, 0.717) is 6.54 Å². The summed E-state index contributed by atoms with van der Waals surface area (Å²) in [5, 5.41) is 13.7. The maximum absolute atomic E-state index is 9.72. The quantitative estimate of drug-likeness (QED) is 0.672. The van der Waals surface area contributed by atoms with Gasteiger partial charge in [-0.05, 0) is 18.5 Å². The molecule has 2 unspecified atom stereocenters. The number of hydrogen-bond donors (Lipinski definition) is 2. The van der Waals surface area contributed by atoms with Crippen molar-refractivity contribution in [3.63, 3.8) is 0 Å². The number of aliphatic hydroxyl groups is 1. The van der Waals surface area contributed by atoms with E-state index in [-0.39, 0.29) is 5.92 Å². The van der Waals surface area contributed by atoms with Crippen molar-refractivity contribution in [1.29, 1.82) is 0 Å². The van der Waals surface area contributed by atoms with Gasteiger partial charge in [-0.15, -0.1) is 0 Å². The molecule has 0 aliphatic heterocycles. The van der Waals surface area contributed by atoms with Crippen molar-refractivity contribution in [1.82, 2.24) is 9.78 Å². The van der Waals surface area contributed by atoms with Gasteiger partial charge in [0.1, 0.15) is 0 Å². The fourth-order valence-electron chi connectivity index (χ4n) is 1.09. The molecule has 3 N–H and O–H groups in total. The summed E-state index contributed by atoms with van der Waals surface area (Å²) in [5.74, 6) is 0.0698. The lowest BCUT2D eigenvalue weighted by Crippen LogP contribution is -2.20. The summed E-state index contributed by atoms with van der Waals surface area (Å²) >= 11 is 0. The molecule has 2 atom stereocenters. The SMILES string of the molecule is CC(CN)C(O)c1ccnn1C. The summed E-state index contributed by atoms with van der Waals surface area (Å²) in [4.78, 5) is 0. The summed E-state index contributed by atoms with van der Waals surface area (Å²) in [6.45, 7) is 2.39. The molecule has 0 fully saturated rings. The van der Waals surface area contributed by atoms with Crippen molar-refractivity contribution >= 4 is 0 Å². The molecule has 0 aromatic carbocycles. The van der Waals surface area contributed by atoms with Crippen LogP contribution in [0.15, 0.2) is 12.3 Å². The molecule has 4 heteroatoms. The second-order valence-corrected chi connectivity index (χ2v) is 3.04. The number of aromatic nitrogens is 2. The summed E-state index contributed by atoms with van der Waals surface area (Å²) in [5.41, 5.74) is 6.25. The smallest absolute Gasteiger partial charge is 0.0993 e. The van der Waals surface area contributed by atoms with E-state index < -0.39 is 6.10 Å². The average molecular weight is 169 g/mol. The van der Waals surface area contributed by atoms with Crippen LogP contribution in [0.2, 0.25) is 0 Å². The number of aliphatic hydroxyl groups excluding tert-OH is 1. The second-order valence-electron chi connectivity index (χ2n) is 3.04. The van der Waals surface area contributed by atoms with Crippen molar-refractivity contribution in [2.45, 2.75) is 13.0 Å². The van der Waals surface area contributed by atoms with Crippen LogP contribution in [0.5, 0.6) is 0 Å². The van der Waals surface area contributed by atoms with Crippen LogP contribution in [-0.4, -0.2) is 21.4 Å². The number of aryl methyl sites for hydroxylation is 1. The Morgan fingerprint density at radius 3 is 2.83 bits per heavy atom. The molecule has 0 radical (unpaired) electrons.